The smallest absolute Gasteiger partial charge is 0.255 e. The van der Waals surface area contributed by atoms with Gasteiger partial charge in [0.15, 0.2) is 0 Å². The van der Waals surface area contributed by atoms with Gasteiger partial charge in [0.25, 0.3) is 5.91 Å². The molecule has 4 nitrogen and oxygen atoms in total. The van der Waals surface area contributed by atoms with Crippen LogP contribution in [0.5, 0.6) is 5.75 Å². The first-order chi connectivity index (χ1) is 9.47. The minimum absolute atomic E-state index is 0.0133. The lowest BCUT2D eigenvalue weighted by molar-refractivity contribution is 0.0783. The third-order valence-electron chi connectivity index (χ3n) is 2.74. The number of hydrogen-bond donors (Lipinski definition) is 1. The minimum atomic E-state index is -0.710. The summed E-state index contributed by atoms with van der Waals surface area (Å²) in [6.45, 7) is -0.0133. The van der Waals surface area contributed by atoms with Crippen molar-refractivity contribution >= 4 is 5.91 Å². The van der Waals surface area contributed by atoms with Gasteiger partial charge in [-0.15, -0.1) is 0 Å². The van der Waals surface area contributed by atoms with Crippen LogP contribution in [0.25, 0.3) is 0 Å². The Hall–Kier alpha value is -2.50. The fraction of sp³-hybridized carbons (Fsp3) is 0.143. The number of amides is 1. The largest absolute Gasteiger partial charge is 0.506 e. The molecule has 0 aliphatic rings. The summed E-state index contributed by atoms with van der Waals surface area (Å²) < 4.78 is 26.3. The van der Waals surface area contributed by atoms with E-state index >= 15 is 0 Å². The van der Waals surface area contributed by atoms with Crippen molar-refractivity contribution in [2.75, 3.05) is 7.05 Å². The van der Waals surface area contributed by atoms with Crippen molar-refractivity contribution in [1.29, 1.82) is 0 Å². The Morgan fingerprint density at radius 3 is 2.70 bits per heavy atom. The molecular formula is C14H12F2N2O2. The molecule has 0 aliphatic heterocycles. The number of benzene rings is 1. The Kier molecular flexibility index (Phi) is 3.93. The Balaban J connectivity index is 2.15. The highest BCUT2D eigenvalue weighted by atomic mass is 19.1. The van der Waals surface area contributed by atoms with E-state index in [1.807, 2.05) is 0 Å². The summed E-state index contributed by atoms with van der Waals surface area (Å²) in [7, 11) is 1.48. The van der Waals surface area contributed by atoms with E-state index in [1.165, 1.54) is 36.5 Å². The van der Waals surface area contributed by atoms with Gasteiger partial charge >= 0.3 is 0 Å². The number of nitrogens with zero attached hydrogens (tertiary/aromatic N) is 2. The maximum atomic E-state index is 13.5. The predicted octanol–water partition coefficient (Wildman–Crippen LogP) is 2.34. The maximum absolute atomic E-state index is 13.5. The second-order valence-electron chi connectivity index (χ2n) is 4.33. The summed E-state index contributed by atoms with van der Waals surface area (Å²) in [6, 6.07) is 4.46. The molecule has 0 saturated carbocycles. The molecule has 0 spiro atoms. The summed E-state index contributed by atoms with van der Waals surface area (Å²) >= 11 is 0. The Bertz CT molecular complexity index is 647. The van der Waals surface area contributed by atoms with E-state index in [4.69, 9.17) is 0 Å². The van der Waals surface area contributed by atoms with Crippen LogP contribution in [0.3, 0.4) is 0 Å². The number of hydrogen-bond acceptors (Lipinski definition) is 3. The van der Waals surface area contributed by atoms with Crippen LogP contribution in [0.2, 0.25) is 0 Å². The maximum Gasteiger partial charge on any atom is 0.255 e. The molecule has 0 bridgehead atoms. The first-order valence-corrected chi connectivity index (χ1v) is 5.81. The fourth-order valence-corrected chi connectivity index (χ4v) is 1.74. The lowest BCUT2D eigenvalue weighted by Gasteiger charge is -2.17. The predicted molar refractivity (Wildman–Crippen MR) is 68.1 cm³/mol. The summed E-state index contributed by atoms with van der Waals surface area (Å²) in [4.78, 5) is 17.0. The van der Waals surface area contributed by atoms with Crippen LogP contribution in [-0.2, 0) is 6.54 Å². The van der Waals surface area contributed by atoms with Gasteiger partial charge in [0.1, 0.15) is 17.4 Å². The molecule has 2 rings (SSSR count). The van der Waals surface area contributed by atoms with Crippen molar-refractivity contribution in [2.45, 2.75) is 6.54 Å². The average molecular weight is 278 g/mol. The van der Waals surface area contributed by atoms with Gasteiger partial charge < -0.3 is 10.0 Å². The van der Waals surface area contributed by atoms with E-state index in [1.54, 1.807) is 0 Å². The molecule has 1 aromatic carbocycles. The van der Waals surface area contributed by atoms with Crippen molar-refractivity contribution in [3.05, 3.63) is 59.4 Å². The van der Waals surface area contributed by atoms with Crippen molar-refractivity contribution in [2.24, 2.45) is 0 Å². The monoisotopic (exact) mass is 278 g/mol. The molecule has 1 amide bonds. The molecule has 0 unspecified atom stereocenters. The lowest BCUT2D eigenvalue weighted by atomic mass is 10.2. The van der Waals surface area contributed by atoms with Gasteiger partial charge in [-0.05, 0) is 12.1 Å². The van der Waals surface area contributed by atoms with Gasteiger partial charge in [0.05, 0.1) is 11.8 Å². The van der Waals surface area contributed by atoms with Crippen LogP contribution in [-0.4, -0.2) is 27.9 Å². The van der Waals surface area contributed by atoms with E-state index in [0.717, 1.165) is 12.1 Å². The Morgan fingerprint density at radius 1 is 1.30 bits per heavy atom. The van der Waals surface area contributed by atoms with Crippen molar-refractivity contribution in [3.63, 3.8) is 0 Å². The number of rotatable bonds is 3. The first-order valence-electron chi connectivity index (χ1n) is 5.81. The third-order valence-corrected chi connectivity index (χ3v) is 2.74. The molecule has 0 radical (unpaired) electrons. The zero-order valence-electron chi connectivity index (χ0n) is 10.7. The summed E-state index contributed by atoms with van der Waals surface area (Å²) in [6.07, 6.45) is 2.51. The Labute approximate surface area is 114 Å². The standard InChI is InChI=1S/C14H12F2N2O2/c1-18(8-9-2-3-11(15)5-13(9)16)14(20)10-4-12(19)7-17-6-10/h2-7,19H,8H2,1H3. The molecule has 104 valence electrons. The van der Waals surface area contributed by atoms with E-state index in [0.29, 0.717) is 0 Å². The van der Waals surface area contributed by atoms with Gasteiger partial charge in [-0.3, -0.25) is 9.78 Å². The number of carbonyl (C=O) groups excluding carboxylic acids is 1. The molecule has 20 heavy (non-hydrogen) atoms. The molecule has 1 heterocycles. The number of pyridine rings is 1. The SMILES string of the molecule is CN(Cc1ccc(F)cc1F)C(=O)c1cncc(O)c1. The fourth-order valence-electron chi connectivity index (χ4n) is 1.74. The summed E-state index contributed by atoms with van der Waals surface area (Å²) in [5, 5.41) is 9.27. The number of halogens is 2. The van der Waals surface area contributed by atoms with E-state index in [2.05, 4.69) is 4.98 Å². The van der Waals surface area contributed by atoms with E-state index in [-0.39, 0.29) is 23.4 Å². The van der Waals surface area contributed by atoms with Gasteiger partial charge in [0.2, 0.25) is 0 Å². The van der Waals surface area contributed by atoms with Crippen LogP contribution >= 0.6 is 0 Å². The molecule has 1 aromatic heterocycles. The van der Waals surface area contributed by atoms with Gasteiger partial charge in [-0.1, -0.05) is 6.07 Å². The van der Waals surface area contributed by atoms with Crippen LogP contribution in [0.4, 0.5) is 8.78 Å². The van der Waals surface area contributed by atoms with Crippen molar-refractivity contribution < 1.29 is 18.7 Å². The first kappa shape index (κ1) is 13.9. The second-order valence-corrected chi connectivity index (χ2v) is 4.33. The molecule has 0 saturated heterocycles. The third kappa shape index (κ3) is 3.09. The summed E-state index contributed by atoms with van der Waals surface area (Å²) in [5.41, 5.74) is 0.394. The quantitative estimate of drug-likeness (QED) is 0.937. The minimum Gasteiger partial charge on any atom is -0.506 e. The second kappa shape index (κ2) is 5.64. The molecule has 2 aromatic rings. The number of carbonyl (C=O) groups is 1. The molecule has 0 fully saturated rings. The van der Waals surface area contributed by atoms with E-state index < -0.39 is 17.5 Å². The highest BCUT2D eigenvalue weighted by Gasteiger charge is 2.15. The normalized spacial score (nSPS) is 10.3. The molecule has 6 heteroatoms. The van der Waals surface area contributed by atoms with Crippen LogP contribution in [0, 0.1) is 11.6 Å². The zero-order chi connectivity index (χ0) is 14.7. The number of aromatic hydroxyl groups is 1. The van der Waals surface area contributed by atoms with Crippen LogP contribution in [0.15, 0.2) is 36.7 Å². The van der Waals surface area contributed by atoms with Crippen molar-refractivity contribution in [1.82, 2.24) is 9.88 Å². The molecule has 1 N–H and O–H groups in total. The average Bonchev–Trinajstić information content (AvgIpc) is 2.41. The summed E-state index contributed by atoms with van der Waals surface area (Å²) in [5.74, 6) is -1.93. The molecular weight excluding hydrogens is 266 g/mol. The van der Waals surface area contributed by atoms with Gasteiger partial charge in [0, 0.05) is 31.4 Å². The molecule has 0 aliphatic carbocycles. The van der Waals surface area contributed by atoms with Gasteiger partial charge in [-0.2, -0.15) is 0 Å². The highest BCUT2D eigenvalue weighted by molar-refractivity contribution is 5.94. The Morgan fingerprint density at radius 2 is 2.05 bits per heavy atom. The highest BCUT2D eigenvalue weighted by Crippen LogP contribution is 2.15. The van der Waals surface area contributed by atoms with Crippen LogP contribution in [0.1, 0.15) is 15.9 Å². The lowest BCUT2D eigenvalue weighted by Crippen LogP contribution is -2.26. The topological polar surface area (TPSA) is 53.4 Å². The number of aromatic nitrogens is 1. The zero-order valence-corrected chi connectivity index (χ0v) is 10.7. The van der Waals surface area contributed by atoms with Gasteiger partial charge in [-0.25, -0.2) is 8.78 Å². The van der Waals surface area contributed by atoms with Crippen molar-refractivity contribution in [3.8, 4) is 5.75 Å². The van der Waals surface area contributed by atoms with E-state index in [9.17, 15) is 18.7 Å². The molecule has 0 atom stereocenters. The van der Waals surface area contributed by atoms with Crippen LogP contribution < -0.4 is 0 Å².